The third-order valence-corrected chi connectivity index (χ3v) is 6.77. The van der Waals surface area contributed by atoms with E-state index < -0.39 is 16.9 Å². The Morgan fingerprint density at radius 2 is 1.78 bits per heavy atom. The number of nitrogens with zero attached hydrogens (tertiary/aromatic N) is 2. The minimum Gasteiger partial charge on any atom is -0.454 e. The predicted octanol–water partition coefficient (Wildman–Crippen LogP) is 4.79. The molecule has 0 spiro atoms. The molecule has 9 nitrogen and oxygen atoms in total. The fourth-order valence-corrected chi connectivity index (χ4v) is 4.83. The minimum absolute atomic E-state index is 0.0481. The zero-order valence-corrected chi connectivity index (χ0v) is 19.4. The molecular weight excluding hydrogens is 464 g/mol. The molecule has 4 aromatic rings. The molecule has 2 aliphatic rings. The van der Waals surface area contributed by atoms with Crippen molar-refractivity contribution in [2.24, 2.45) is 0 Å². The number of nitro groups is 1. The number of carbonyl (C=O) groups excluding carboxylic acids is 1. The number of hydrogen-bond donors (Lipinski definition) is 0. The fourth-order valence-electron chi connectivity index (χ4n) is 4.83. The molecule has 6 rings (SSSR count). The molecule has 3 heterocycles. The number of carbonyl (C=O) groups is 1. The molecule has 0 bridgehead atoms. The maximum Gasteiger partial charge on any atom is 0.291 e. The van der Waals surface area contributed by atoms with E-state index in [0.29, 0.717) is 28.0 Å². The lowest BCUT2D eigenvalue weighted by molar-refractivity contribution is -0.384. The van der Waals surface area contributed by atoms with Crippen LogP contribution in [0.15, 0.2) is 63.8 Å². The molecular formula is C27H20N2O7. The van der Waals surface area contributed by atoms with E-state index in [1.165, 1.54) is 17.0 Å². The highest BCUT2D eigenvalue weighted by Gasteiger charge is 2.43. The van der Waals surface area contributed by atoms with Crippen molar-refractivity contribution >= 4 is 22.6 Å². The average molecular weight is 484 g/mol. The molecule has 0 radical (unpaired) electrons. The van der Waals surface area contributed by atoms with Crippen molar-refractivity contribution < 1.29 is 23.6 Å². The second kappa shape index (κ2) is 7.94. The number of non-ortho nitro benzene ring substituents is 1. The quantitative estimate of drug-likeness (QED) is 0.302. The first-order valence-corrected chi connectivity index (χ1v) is 11.3. The van der Waals surface area contributed by atoms with E-state index in [1.54, 1.807) is 36.4 Å². The van der Waals surface area contributed by atoms with Crippen molar-refractivity contribution in [3.05, 3.63) is 109 Å². The number of hydrogen-bond acceptors (Lipinski definition) is 7. The van der Waals surface area contributed by atoms with Gasteiger partial charge < -0.3 is 18.8 Å². The number of fused-ring (bicyclic) bond motifs is 3. The van der Waals surface area contributed by atoms with Gasteiger partial charge in [0.2, 0.25) is 12.6 Å². The van der Waals surface area contributed by atoms with Crippen LogP contribution in [0.1, 0.15) is 44.4 Å². The summed E-state index contributed by atoms with van der Waals surface area (Å²) in [5.41, 5.74) is 3.11. The van der Waals surface area contributed by atoms with E-state index in [0.717, 1.165) is 16.7 Å². The first-order chi connectivity index (χ1) is 17.3. The summed E-state index contributed by atoms with van der Waals surface area (Å²) >= 11 is 0. The van der Waals surface area contributed by atoms with Gasteiger partial charge in [0.1, 0.15) is 5.58 Å². The van der Waals surface area contributed by atoms with Crippen molar-refractivity contribution in [1.82, 2.24) is 4.90 Å². The molecule has 0 saturated heterocycles. The van der Waals surface area contributed by atoms with Gasteiger partial charge in [-0.2, -0.15) is 0 Å². The molecule has 0 fully saturated rings. The SMILES string of the molecule is Cc1cc2oc3c(c(=O)c2cc1C)C(c1cccc([N+](=O)[O-])c1)N(Cc1ccc2c(c1)OCO2)C3=O. The number of benzene rings is 3. The second-order valence-corrected chi connectivity index (χ2v) is 8.98. The van der Waals surface area contributed by atoms with Crippen LogP contribution in [-0.4, -0.2) is 22.5 Å². The maximum absolute atomic E-state index is 13.8. The smallest absolute Gasteiger partial charge is 0.291 e. The van der Waals surface area contributed by atoms with Crippen LogP contribution in [0.4, 0.5) is 5.69 Å². The standard InChI is InChI=1S/C27H20N2O7/c1-14-8-19-21(9-15(14)2)36-26-23(25(19)30)24(17-4-3-5-18(11-17)29(32)33)28(27(26)31)12-16-6-7-20-22(10-16)35-13-34-20/h3-11,24H,12-13H2,1-2H3. The lowest BCUT2D eigenvalue weighted by atomic mass is 9.97. The maximum atomic E-state index is 13.8. The molecule has 0 saturated carbocycles. The third-order valence-electron chi connectivity index (χ3n) is 6.77. The highest BCUT2D eigenvalue weighted by molar-refractivity contribution is 5.99. The number of aryl methyl sites for hydroxylation is 2. The van der Waals surface area contributed by atoms with Crippen molar-refractivity contribution in [2.75, 3.05) is 6.79 Å². The zero-order valence-electron chi connectivity index (χ0n) is 19.4. The Kier molecular flexibility index (Phi) is 4.82. The summed E-state index contributed by atoms with van der Waals surface area (Å²) in [7, 11) is 0. The van der Waals surface area contributed by atoms with Crippen LogP contribution >= 0.6 is 0 Å². The van der Waals surface area contributed by atoms with Crippen molar-refractivity contribution in [3.8, 4) is 11.5 Å². The second-order valence-electron chi connectivity index (χ2n) is 8.98. The highest BCUT2D eigenvalue weighted by atomic mass is 16.7. The molecule has 9 heteroatoms. The van der Waals surface area contributed by atoms with Crippen LogP contribution < -0.4 is 14.9 Å². The summed E-state index contributed by atoms with van der Waals surface area (Å²) in [5, 5.41) is 11.9. The fraction of sp³-hybridized carbons (Fsp3) is 0.185. The summed E-state index contributed by atoms with van der Waals surface area (Å²) in [5.74, 6) is 0.665. The van der Waals surface area contributed by atoms with Crippen LogP contribution in [0.2, 0.25) is 0 Å². The molecule has 1 atom stereocenters. The number of nitro benzene ring substituents is 1. The van der Waals surface area contributed by atoms with E-state index in [4.69, 9.17) is 13.9 Å². The van der Waals surface area contributed by atoms with Gasteiger partial charge in [-0.1, -0.05) is 18.2 Å². The van der Waals surface area contributed by atoms with Crippen LogP contribution in [0.3, 0.4) is 0 Å². The summed E-state index contributed by atoms with van der Waals surface area (Å²) in [4.78, 5) is 40.0. The molecule has 180 valence electrons. The van der Waals surface area contributed by atoms with Crippen LogP contribution in [0.25, 0.3) is 11.0 Å². The van der Waals surface area contributed by atoms with Gasteiger partial charge in [0, 0.05) is 18.7 Å². The van der Waals surface area contributed by atoms with E-state index in [2.05, 4.69) is 0 Å². The molecule has 2 aliphatic heterocycles. The van der Waals surface area contributed by atoms with Crippen molar-refractivity contribution in [2.45, 2.75) is 26.4 Å². The van der Waals surface area contributed by atoms with Gasteiger partial charge in [-0.05, 0) is 60.4 Å². The molecule has 36 heavy (non-hydrogen) atoms. The summed E-state index contributed by atoms with van der Waals surface area (Å²) in [6.45, 7) is 4.05. The normalized spacial score (nSPS) is 16.0. The Morgan fingerprint density at radius 1 is 1.00 bits per heavy atom. The minimum atomic E-state index is -0.861. The predicted molar refractivity (Wildman–Crippen MR) is 129 cm³/mol. The Labute approximate surface area is 204 Å². The van der Waals surface area contributed by atoms with E-state index in [-0.39, 0.29) is 35.8 Å². The highest BCUT2D eigenvalue weighted by Crippen LogP contribution is 2.41. The van der Waals surface area contributed by atoms with E-state index in [1.807, 2.05) is 19.9 Å². The molecule has 1 amide bonds. The molecule has 1 unspecified atom stereocenters. The van der Waals surface area contributed by atoms with Crippen molar-refractivity contribution in [3.63, 3.8) is 0 Å². The van der Waals surface area contributed by atoms with Gasteiger partial charge in [0.05, 0.1) is 21.9 Å². The average Bonchev–Trinajstić information content (AvgIpc) is 3.43. The lowest BCUT2D eigenvalue weighted by Crippen LogP contribution is -2.29. The third kappa shape index (κ3) is 3.31. The summed E-state index contributed by atoms with van der Waals surface area (Å²) in [6, 6.07) is 14.0. The first kappa shape index (κ1) is 21.8. The van der Waals surface area contributed by atoms with Gasteiger partial charge in [-0.25, -0.2) is 0 Å². The van der Waals surface area contributed by atoms with Gasteiger partial charge in [0.25, 0.3) is 11.6 Å². The van der Waals surface area contributed by atoms with E-state index >= 15 is 0 Å². The number of ether oxygens (including phenoxy) is 2. The summed E-state index contributed by atoms with van der Waals surface area (Å²) < 4.78 is 16.9. The molecule has 3 aromatic carbocycles. The monoisotopic (exact) mass is 484 g/mol. The largest absolute Gasteiger partial charge is 0.454 e. The van der Waals surface area contributed by atoms with Crippen LogP contribution in [-0.2, 0) is 6.54 Å². The lowest BCUT2D eigenvalue weighted by Gasteiger charge is -2.25. The Balaban J connectivity index is 1.55. The summed E-state index contributed by atoms with van der Waals surface area (Å²) in [6.07, 6.45) is 0. The topological polar surface area (TPSA) is 112 Å². The van der Waals surface area contributed by atoms with Gasteiger partial charge in [-0.3, -0.25) is 19.7 Å². The van der Waals surface area contributed by atoms with E-state index in [9.17, 15) is 19.7 Å². The van der Waals surface area contributed by atoms with Gasteiger partial charge in [0.15, 0.2) is 16.9 Å². The van der Waals surface area contributed by atoms with Gasteiger partial charge in [-0.15, -0.1) is 0 Å². The van der Waals surface area contributed by atoms with Gasteiger partial charge >= 0.3 is 0 Å². The number of amides is 1. The number of rotatable bonds is 4. The Bertz CT molecular complexity index is 1660. The molecule has 0 N–H and O–H groups in total. The van der Waals surface area contributed by atoms with Crippen molar-refractivity contribution in [1.29, 1.82) is 0 Å². The van der Waals surface area contributed by atoms with Crippen LogP contribution in [0.5, 0.6) is 11.5 Å². The Hall–Kier alpha value is -4.66. The molecule has 0 aliphatic carbocycles. The Morgan fingerprint density at radius 3 is 2.58 bits per heavy atom. The van der Waals surface area contributed by atoms with Crippen LogP contribution in [0, 0.1) is 24.0 Å². The zero-order chi connectivity index (χ0) is 25.1. The molecule has 1 aromatic heterocycles. The first-order valence-electron chi connectivity index (χ1n) is 11.3.